The molecular weight excluding hydrogens is 220 g/mol. The predicted octanol–water partition coefficient (Wildman–Crippen LogP) is 3.21. The summed E-state index contributed by atoms with van der Waals surface area (Å²) >= 11 is 0. The van der Waals surface area contributed by atoms with Gasteiger partial charge in [0.1, 0.15) is 11.6 Å². The normalized spacial score (nSPS) is 15.6. The maximum atomic E-state index is 13.3. The molecule has 1 aliphatic rings. The van der Waals surface area contributed by atoms with Gasteiger partial charge in [-0.15, -0.1) is 0 Å². The molecule has 3 heteroatoms. The van der Waals surface area contributed by atoms with Crippen molar-refractivity contribution >= 4 is 0 Å². The van der Waals surface area contributed by atoms with E-state index in [0.717, 1.165) is 13.0 Å². The van der Waals surface area contributed by atoms with Crippen LogP contribution in [0.25, 0.3) is 0 Å². The quantitative estimate of drug-likeness (QED) is 0.591. The summed E-state index contributed by atoms with van der Waals surface area (Å²) < 4.78 is 26.5. The molecule has 17 heavy (non-hydrogen) atoms. The lowest BCUT2D eigenvalue weighted by molar-refractivity contribution is 0.562. The van der Waals surface area contributed by atoms with Crippen molar-refractivity contribution in [2.45, 2.75) is 31.7 Å². The van der Waals surface area contributed by atoms with E-state index in [-0.39, 0.29) is 5.56 Å². The summed E-state index contributed by atoms with van der Waals surface area (Å²) in [6, 6.07) is 4.69. The summed E-state index contributed by atoms with van der Waals surface area (Å²) in [6.45, 7) is 0.945. The van der Waals surface area contributed by atoms with E-state index in [1.807, 2.05) is 12.2 Å². The monoisotopic (exact) mass is 237 g/mol. The van der Waals surface area contributed by atoms with Gasteiger partial charge in [-0.05, 0) is 44.4 Å². The van der Waals surface area contributed by atoms with Gasteiger partial charge in [0.25, 0.3) is 0 Å². The van der Waals surface area contributed by atoms with Crippen molar-refractivity contribution in [2.24, 2.45) is 0 Å². The van der Waals surface area contributed by atoms with Crippen LogP contribution in [0.4, 0.5) is 8.78 Å². The van der Waals surface area contributed by atoms with Crippen LogP contribution >= 0.6 is 0 Å². The smallest absolute Gasteiger partial charge is 0.129 e. The lowest BCUT2D eigenvalue weighted by atomic mass is 10.1. The first kappa shape index (κ1) is 12.2. The number of halogens is 2. The Bertz CT molecular complexity index is 377. The van der Waals surface area contributed by atoms with Crippen LogP contribution < -0.4 is 5.32 Å². The highest BCUT2D eigenvalue weighted by molar-refractivity contribution is 5.22. The first-order chi connectivity index (χ1) is 8.27. The molecule has 0 bridgehead atoms. The first-order valence-corrected chi connectivity index (χ1v) is 6.08. The third-order valence-electron chi connectivity index (χ3n) is 2.87. The maximum absolute atomic E-state index is 13.3. The number of allylic oxidation sites excluding steroid dienone is 1. The number of hydrogen-bond donors (Lipinski definition) is 1. The van der Waals surface area contributed by atoms with Crippen LogP contribution in [0.3, 0.4) is 0 Å². The van der Waals surface area contributed by atoms with Crippen LogP contribution in [0, 0.1) is 11.6 Å². The van der Waals surface area contributed by atoms with Gasteiger partial charge in [0.2, 0.25) is 0 Å². The lowest BCUT2D eigenvalue weighted by Gasteiger charge is -2.01. The molecule has 1 aromatic carbocycles. The molecule has 0 heterocycles. The number of rotatable bonds is 6. The van der Waals surface area contributed by atoms with Crippen LogP contribution in [0.5, 0.6) is 0 Å². The molecule has 1 saturated carbocycles. The SMILES string of the molecule is Fc1cccc(F)c1C/C=C/CCNC1CC1. The Morgan fingerprint density at radius 1 is 1.18 bits per heavy atom. The summed E-state index contributed by atoms with van der Waals surface area (Å²) in [4.78, 5) is 0. The highest BCUT2D eigenvalue weighted by Gasteiger charge is 2.19. The molecule has 1 aromatic rings. The molecule has 0 aromatic heterocycles. The maximum Gasteiger partial charge on any atom is 0.129 e. The van der Waals surface area contributed by atoms with E-state index in [1.165, 1.54) is 31.0 Å². The topological polar surface area (TPSA) is 12.0 Å². The van der Waals surface area contributed by atoms with Gasteiger partial charge in [-0.3, -0.25) is 0 Å². The molecule has 92 valence electrons. The van der Waals surface area contributed by atoms with Crippen LogP contribution in [0.15, 0.2) is 30.4 Å². The molecule has 0 unspecified atom stereocenters. The van der Waals surface area contributed by atoms with E-state index in [0.29, 0.717) is 12.5 Å². The predicted molar refractivity (Wildman–Crippen MR) is 64.8 cm³/mol. The van der Waals surface area contributed by atoms with Crippen molar-refractivity contribution in [1.29, 1.82) is 0 Å². The van der Waals surface area contributed by atoms with Gasteiger partial charge < -0.3 is 5.32 Å². The summed E-state index contributed by atoms with van der Waals surface area (Å²) in [5, 5.41) is 3.38. The molecule has 1 aliphatic carbocycles. The van der Waals surface area contributed by atoms with Crippen molar-refractivity contribution in [3.63, 3.8) is 0 Å². The van der Waals surface area contributed by atoms with Gasteiger partial charge in [-0.1, -0.05) is 18.2 Å². The van der Waals surface area contributed by atoms with Crippen molar-refractivity contribution in [3.8, 4) is 0 Å². The molecule has 0 saturated heterocycles. The Kier molecular flexibility index (Phi) is 4.26. The molecule has 2 rings (SSSR count). The van der Waals surface area contributed by atoms with E-state index in [9.17, 15) is 8.78 Å². The fraction of sp³-hybridized carbons (Fsp3) is 0.429. The van der Waals surface area contributed by atoms with Crippen molar-refractivity contribution in [1.82, 2.24) is 5.32 Å². The van der Waals surface area contributed by atoms with Gasteiger partial charge in [0, 0.05) is 11.6 Å². The lowest BCUT2D eigenvalue weighted by Crippen LogP contribution is -2.16. The zero-order valence-electron chi connectivity index (χ0n) is 9.76. The minimum atomic E-state index is -0.467. The Labute approximate surface area is 101 Å². The highest BCUT2D eigenvalue weighted by Crippen LogP contribution is 2.18. The van der Waals surface area contributed by atoms with Crippen LogP contribution in [-0.2, 0) is 6.42 Å². The largest absolute Gasteiger partial charge is 0.314 e. The first-order valence-electron chi connectivity index (χ1n) is 6.08. The minimum absolute atomic E-state index is 0.152. The fourth-order valence-electron chi connectivity index (χ4n) is 1.70. The summed E-state index contributed by atoms with van der Waals surface area (Å²) in [5.41, 5.74) is 0.152. The Balaban J connectivity index is 1.74. The number of benzene rings is 1. The van der Waals surface area contributed by atoms with E-state index < -0.39 is 11.6 Å². The summed E-state index contributed by atoms with van der Waals surface area (Å²) in [5.74, 6) is -0.934. The molecular formula is C14H17F2N. The van der Waals surface area contributed by atoms with E-state index in [2.05, 4.69) is 5.32 Å². The van der Waals surface area contributed by atoms with Crippen molar-refractivity contribution in [2.75, 3.05) is 6.54 Å². The Morgan fingerprint density at radius 2 is 1.88 bits per heavy atom. The molecule has 0 radical (unpaired) electrons. The molecule has 0 aliphatic heterocycles. The third kappa shape index (κ3) is 3.93. The second kappa shape index (κ2) is 5.92. The van der Waals surface area contributed by atoms with Crippen molar-refractivity contribution in [3.05, 3.63) is 47.5 Å². The van der Waals surface area contributed by atoms with E-state index >= 15 is 0 Å². The average Bonchev–Trinajstić information content (AvgIpc) is 3.10. The van der Waals surface area contributed by atoms with Gasteiger partial charge >= 0.3 is 0 Å². The molecule has 1 N–H and O–H groups in total. The average molecular weight is 237 g/mol. The highest BCUT2D eigenvalue weighted by atomic mass is 19.1. The molecule has 0 spiro atoms. The Hall–Kier alpha value is -1.22. The van der Waals surface area contributed by atoms with Gasteiger partial charge in [0.05, 0.1) is 0 Å². The van der Waals surface area contributed by atoms with Gasteiger partial charge in [-0.25, -0.2) is 8.78 Å². The molecule has 0 amide bonds. The molecule has 0 atom stereocenters. The summed E-state index contributed by atoms with van der Waals surface area (Å²) in [6.07, 6.45) is 7.60. The summed E-state index contributed by atoms with van der Waals surface area (Å²) in [7, 11) is 0. The second-order valence-electron chi connectivity index (χ2n) is 4.39. The second-order valence-corrected chi connectivity index (χ2v) is 4.39. The van der Waals surface area contributed by atoms with Gasteiger partial charge in [0.15, 0.2) is 0 Å². The zero-order valence-corrected chi connectivity index (χ0v) is 9.76. The Morgan fingerprint density at radius 3 is 2.53 bits per heavy atom. The van der Waals surface area contributed by atoms with Crippen LogP contribution in [-0.4, -0.2) is 12.6 Å². The standard InChI is InChI=1S/C14H17F2N/c15-13-6-4-7-14(16)12(13)5-2-1-3-10-17-11-8-9-11/h1-2,4,6-7,11,17H,3,5,8-10H2/b2-1+. The number of hydrogen-bond acceptors (Lipinski definition) is 1. The number of nitrogens with one attached hydrogen (secondary N) is 1. The zero-order chi connectivity index (χ0) is 12.1. The van der Waals surface area contributed by atoms with E-state index in [4.69, 9.17) is 0 Å². The van der Waals surface area contributed by atoms with E-state index in [1.54, 1.807) is 0 Å². The third-order valence-corrected chi connectivity index (χ3v) is 2.87. The fourth-order valence-corrected chi connectivity index (χ4v) is 1.70. The van der Waals surface area contributed by atoms with Crippen LogP contribution in [0.1, 0.15) is 24.8 Å². The van der Waals surface area contributed by atoms with Gasteiger partial charge in [-0.2, -0.15) is 0 Å². The molecule has 1 nitrogen and oxygen atoms in total. The van der Waals surface area contributed by atoms with Crippen molar-refractivity contribution < 1.29 is 8.78 Å². The van der Waals surface area contributed by atoms with Crippen LogP contribution in [0.2, 0.25) is 0 Å². The molecule has 1 fully saturated rings. The minimum Gasteiger partial charge on any atom is -0.314 e.